The van der Waals surface area contributed by atoms with Gasteiger partial charge in [0.15, 0.2) is 6.29 Å². The van der Waals surface area contributed by atoms with E-state index in [1.807, 2.05) is 0 Å². The maximum Gasteiger partial charge on any atom is 0.151 e. The standard InChI is InChI=1S/C6H12O6.C6H14O4/c7-1-3(9)5(11)6(12)4(10)2-8;7-1-3-9-5-6-10-4-2-8/h1,3-6,8-12H,2H2;7-8H,1-6H2. The summed E-state index contributed by atoms with van der Waals surface area (Å²) in [6, 6.07) is 0. The molecule has 0 aromatic carbocycles. The second-order valence-corrected chi connectivity index (χ2v) is 4.03. The van der Waals surface area contributed by atoms with Crippen LogP contribution in [0.3, 0.4) is 0 Å². The smallest absolute Gasteiger partial charge is 0.151 e. The highest BCUT2D eigenvalue weighted by atomic mass is 16.5. The van der Waals surface area contributed by atoms with Crippen LogP contribution in [0.2, 0.25) is 0 Å². The Bertz CT molecular complexity index is 232. The zero-order valence-corrected chi connectivity index (χ0v) is 12.2. The third-order valence-corrected chi connectivity index (χ3v) is 2.26. The van der Waals surface area contributed by atoms with Crippen LogP contribution >= 0.6 is 0 Å². The van der Waals surface area contributed by atoms with Crippen LogP contribution in [0.4, 0.5) is 0 Å². The van der Waals surface area contributed by atoms with Gasteiger partial charge in [0.1, 0.15) is 24.4 Å². The second-order valence-electron chi connectivity index (χ2n) is 4.03. The second kappa shape index (κ2) is 16.7. The largest absolute Gasteiger partial charge is 0.394 e. The van der Waals surface area contributed by atoms with Crippen molar-refractivity contribution in [3.05, 3.63) is 0 Å². The summed E-state index contributed by atoms with van der Waals surface area (Å²) in [6.45, 7) is 0.968. The summed E-state index contributed by atoms with van der Waals surface area (Å²) in [5, 5.41) is 60.1. The molecular formula is C12H26O10. The van der Waals surface area contributed by atoms with Crippen molar-refractivity contribution in [2.24, 2.45) is 0 Å². The van der Waals surface area contributed by atoms with Crippen LogP contribution in [0.25, 0.3) is 0 Å². The topological polar surface area (TPSA) is 177 Å². The molecule has 0 aliphatic heterocycles. The fraction of sp³-hybridized carbons (Fsp3) is 0.917. The van der Waals surface area contributed by atoms with Crippen molar-refractivity contribution in [1.29, 1.82) is 0 Å². The van der Waals surface area contributed by atoms with E-state index < -0.39 is 31.0 Å². The van der Waals surface area contributed by atoms with Gasteiger partial charge in [-0.15, -0.1) is 0 Å². The third kappa shape index (κ3) is 13.0. The van der Waals surface area contributed by atoms with Crippen LogP contribution in [-0.2, 0) is 14.3 Å². The van der Waals surface area contributed by atoms with Crippen LogP contribution in [0.15, 0.2) is 0 Å². The molecule has 0 amide bonds. The van der Waals surface area contributed by atoms with Gasteiger partial charge in [-0.05, 0) is 0 Å². The van der Waals surface area contributed by atoms with E-state index in [1.165, 1.54) is 0 Å². The van der Waals surface area contributed by atoms with Gasteiger partial charge in [-0.25, -0.2) is 0 Å². The van der Waals surface area contributed by atoms with Crippen LogP contribution < -0.4 is 0 Å². The molecule has 0 aliphatic carbocycles. The van der Waals surface area contributed by atoms with Gasteiger partial charge in [-0.2, -0.15) is 0 Å². The van der Waals surface area contributed by atoms with Crippen molar-refractivity contribution >= 4 is 6.29 Å². The molecule has 0 saturated heterocycles. The molecule has 22 heavy (non-hydrogen) atoms. The lowest BCUT2D eigenvalue weighted by Gasteiger charge is -2.22. The first kappa shape index (κ1) is 23.6. The number of aliphatic hydroxyl groups is 7. The molecule has 0 radical (unpaired) electrons. The molecule has 0 aromatic rings. The summed E-state index contributed by atoms with van der Waals surface area (Å²) in [6.07, 6.45) is -6.84. The van der Waals surface area contributed by atoms with Gasteiger partial charge < -0.3 is 50.0 Å². The molecule has 4 unspecified atom stereocenters. The van der Waals surface area contributed by atoms with E-state index in [0.717, 1.165) is 0 Å². The maximum atomic E-state index is 9.90. The third-order valence-electron chi connectivity index (χ3n) is 2.26. The molecule has 0 fully saturated rings. The Morgan fingerprint density at radius 2 is 1.23 bits per heavy atom. The summed E-state index contributed by atoms with van der Waals surface area (Å²) in [5.41, 5.74) is 0. The quantitative estimate of drug-likeness (QED) is 0.137. The molecule has 0 spiro atoms. The summed E-state index contributed by atoms with van der Waals surface area (Å²) in [5.74, 6) is 0. The Hall–Kier alpha value is -0.690. The van der Waals surface area contributed by atoms with E-state index >= 15 is 0 Å². The zero-order valence-electron chi connectivity index (χ0n) is 12.2. The first-order chi connectivity index (χ1) is 10.5. The minimum Gasteiger partial charge on any atom is -0.394 e. The number of carbonyl (C=O) groups excluding carboxylic acids is 1. The minimum absolute atomic E-state index is 0.0258. The normalized spacial score (nSPS) is 16.1. The van der Waals surface area contributed by atoms with E-state index in [2.05, 4.69) is 0 Å². The van der Waals surface area contributed by atoms with E-state index in [0.29, 0.717) is 26.4 Å². The van der Waals surface area contributed by atoms with Crippen molar-refractivity contribution in [2.45, 2.75) is 24.4 Å². The van der Waals surface area contributed by atoms with E-state index in [1.54, 1.807) is 0 Å². The van der Waals surface area contributed by atoms with Gasteiger partial charge in [0.05, 0.1) is 46.2 Å². The maximum absolute atomic E-state index is 9.90. The van der Waals surface area contributed by atoms with Crippen molar-refractivity contribution in [3.63, 3.8) is 0 Å². The predicted molar refractivity (Wildman–Crippen MR) is 73.0 cm³/mol. The number of rotatable bonds is 12. The number of aldehydes is 1. The van der Waals surface area contributed by atoms with E-state index in [-0.39, 0.29) is 19.5 Å². The van der Waals surface area contributed by atoms with E-state index in [4.69, 9.17) is 45.2 Å². The summed E-state index contributed by atoms with van der Waals surface area (Å²) < 4.78 is 9.75. The Morgan fingerprint density at radius 1 is 0.773 bits per heavy atom. The predicted octanol–water partition coefficient (Wildman–Crippen LogP) is -4.37. The molecular weight excluding hydrogens is 304 g/mol. The fourth-order valence-corrected chi connectivity index (χ4v) is 1.07. The average Bonchev–Trinajstić information content (AvgIpc) is 2.55. The summed E-state index contributed by atoms with van der Waals surface area (Å²) in [4.78, 5) is 9.90. The van der Waals surface area contributed by atoms with Gasteiger partial charge in [-0.1, -0.05) is 0 Å². The Kier molecular flexibility index (Phi) is 17.9. The van der Waals surface area contributed by atoms with Crippen molar-refractivity contribution in [2.75, 3.05) is 46.2 Å². The van der Waals surface area contributed by atoms with Crippen LogP contribution in [0.5, 0.6) is 0 Å². The first-order valence-corrected chi connectivity index (χ1v) is 6.61. The molecule has 0 saturated carbocycles. The molecule has 134 valence electrons. The fourth-order valence-electron chi connectivity index (χ4n) is 1.07. The number of carbonyl (C=O) groups is 1. The van der Waals surface area contributed by atoms with Crippen molar-refractivity contribution < 1.29 is 50.0 Å². The lowest BCUT2D eigenvalue weighted by Crippen LogP contribution is -2.46. The molecule has 10 heteroatoms. The number of hydrogen-bond donors (Lipinski definition) is 7. The number of ether oxygens (including phenoxy) is 2. The molecule has 0 aromatic heterocycles. The highest BCUT2D eigenvalue weighted by molar-refractivity contribution is 5.56. The number of hydrogen-bond acceptors (Lipinski definition) is 10. The number of aliphatic hydroxyl groups excluding tert-OH is 7. The highest BCUT2D eigenvalue weighted by Crippen LogP contribution is 2.02. The summed E-state index contributed by atoms with van der Waals surface area (Å²) in [7, 11) is 0. The highest BCUT2D eigenvalue weighted by Gasteiger charge is 2.29. The first-order valence-electron chi connectivity index (χ1n) is 6.61. The average molecular weight is 330 g/mol. The lowest BCUT2D eigenvalue weighted by atomic mass is 10.0. The van der Waals surface area contributed by atoms with Crippen LogP contribution in [0.1, 0.15) is 0 Å². The monoisotopic (exact) mass is 330 g/mol. The Morgan fingerprint density at radius 3 is 1.55 bits per heavy atom. The van der Waals surface area contributed by atoms with Gasteiger partial charge in [-0.3, -0.25) is 0 Å². The molecule has 0 aliphatic rings. The minimum atomic E-state index is -1.79. The van der Waals surface area contributed by atoms with Crippen molar-refractivity contribution in [1.82, 2.24) is 0 Å². The molecule has 0 heterocycles. The molecule has 0 bridgehead atoms. The van der Waals surface area contributed by atoms with Gasteiger partial charge in [0.2, 0.25) is 0 Å². The SMILES string of the molecule is O=CC(O)C(O)C(O)C(O)CO.OCCOCCOCCO. The molecule has 4 atom stereocenters. The van der Waals surface area contributed by atoms with E-state index in [9.17, 15) is 4.79 Å². The van der Waals surface area contributed by atoms with Gasteiger partial charge in [0.25, 0.3) is 0 Å². The molecule has 7 N–H and O–H groups in total. The Labute approximate surface area is 128 Å². The van der Waals surface area contributed by atoms with Crippen LogP contribution in [-0.4, -0.2) is 113 Å². The summed E-state index contributed by atoms with van der Waals surface area (Å²) >= 11 is 0. The van der Waals surface area contributed by atoms with Crippen LogP contribution in [0, 0.1) is 0 Å². The van der Waals surface area contributed by atoms with Gasteiger partial charge in [0, 0.05) is 0 Å². The van der Waals surface area contributed by atoms with Gasteiger partial charge >= 0.3 is 0 Å². The molecule has 0 rings (SSSR count). The van der Waals surface area contributed by atoms with Crippen molar-refractivity contribution in [3.8, 4) is 0 Å². The Balaban J connectivity index is 0. The zero-order chi connectivity index (χ0) is 17.4. The molecule has 10 nitrogen and oxygen atoms in total. The lowest BCUT2D eigenvalue weighted by molar-refractivity contribution is -0.136.